The third-order valence-corrected chi connectivity index (χ3v) is 7.19. The van der Waals surface area contributed by atoms with Gasteiger partial charge in [0.2, 0.25) is 0 Å². The first kappa shape index (κ1) is 22.4. The van der Waals surface area contributed by atoms with E-state index < -0.39 is 31.6 Å². The molecular formula is C20H19FN2O6S2. The molecule has 0 aromatic heterocycles. The van der Waals surface area contributed by atoms with Gasteiger partial charge >= 0.3 is 0 Å². The Hall–Kier alpha value is -3.31. The van der Waals surface area contributed by atoms with E-state index in [2.05, 4.69) is 9.44 Å². The highest BCUT2D eigenvalue weighted by atomic mass is 32.2. The zero-order valence-corrected chi connectivity index (χ0v) is 18.1. The van der Waals surface area contributed by atoms with Crippen LogP contribution in [0.1, 0.15) is 5.56 Å². The maximum Gasteiger partial charge on any atom is 0.262 e. The zero-order valence-electron chi connectivity index (χ0n) is 16.5. The third-order valence-electron chi connectivity index (χ3n) is 4.30. The number of nitrogens with one attached hydrogen (secondary N) is 2. The van der Waals surface area contributed by atoms with Crippen LogP contribution in [0.5, 0.6) is 11.5 Å². The van der Waals surface area contributed by atoms with Crippen molar-refractivity contribution in [3.63, 3.8) is 0 Å². The van der Waals surface area contributed by atoms with Crippen molar-refractivity contribution in [3.05, 3.63) is 72.0 Å². The molecular weight excluding hydrogens is 447 g/mol. The van der Waals surface area contributed by atoms with E-state index in [0.717, 1.165) is 36.4 Å². The van der Waals surface area contributed by atoms with E-state index in [0.29, 0.717) is 0 Å². The van der Waals surface area contributed by atoms with Gasteiger partial charge in [-0.2, -0.15) is 0 Å². The Labute approximate surface area is 179 Å². The number of phenolic OH excluding ortho intramolecular Hbond substituents is 1. The van der Waals surface area contributed by atoms with Crippen LogP contribution >= 0.6 is 0 Å². The van der Waals surface area contributed by atoms with Gasteiger partial charge in [0, 0.05) is 0 Å². The molecule has 11 heteroatoms. The number of phenols is 1. The number of hydrogen-bond acceptors (Lipinski definition) is 6. The molecule has 0 aliphatic rings. The first-order chi connectivity index (χ1) is 14.5. The van der Waals surface area contributed by atoms with Crippen LogP contribution < -0.4 is 14.2 Å². The van der Waals surface area contributed by atoms with Crippen LogP contribution in [0.3, 0.4) is 0 Å². The van der Waals surface area contributed by atoms with Gasteiger partial charge in [-0.3, -0.25) is 9.44 Å². The van der Waals surface area contributed by atoms with E-state index in [9.17, 15) is 26.3 Å². The molecule has 0 aliphatic heterocycles. The number of methoxy groups -OCH3 is 1. The fourth-order valence-electron chi connectivity index (χ4n) is 2.81. The Balaban J connectivity index is 1.96. The molecule has 0 radical (unpaired) electrons. The Morgan fingerprint density at radius 2 is 1.55 bits per heavy atom. The second kappa shape index (κ2) is 8.44. The predicted octanol–water partition coefficient (Wildman–Crippen LogP) is 3.45. The van der Waals surface area contributed by atoms with Crippen LogP contribution in [0.15, 0.2) is 70.5 Å². The molecule has 31 heavy (non-hydrogen) atoms. The number of aryl methyl sites for hydroxylation is 1. The van der Waals surface area contributed by atoms with Gasteiger partial charge < -0.3 is 9.84 Å². The van der Waals surface area contributed by atoms with E-state index >= 15 is 0 Å². The van der Waals surface area contributed by atoms with Crippen molar-refractivity contribution in [3.8, 4) is 11.5 Å². The minimum absolute atomic E-state index is 0.147. The van der Waals surface area contributed by atoms with Crippen molar-refractivity contribution in [1.82, 2.24) is 0 Å². The highest BCUT2D eigenvalue weighted by molar-refractivity contribution is 7.93. The van der Waals surface area contributed by atoms with Gasteiger partial charge in [-0.15, -0.1) is 0 Å². The maximum atomic E-state index is 13.3. The molecule has 0 bridgehead atoms. The van der Waals surface area contributed by atoms with Crippen LogP contribution in [0.4, 0.5) is 15.8 Å². The Morgan fingerprint density at radius 1 is 0.871 bits per heavy atom. The lowest BCUT2D eigenvalue weighted by atomic mass is 10.2. The molecule has 0 amide bonds. The molecule has 0 aliphatic carbocycles. The molecule has 0 fully saturated rings. The maximum absolute atomic E-state index is 13.3. The summed E-state index contributed by atoms with van der Waals surface area (Å²) in [6, 6.07) is 12.6. The molecule has 0 spiro atoms. The number of halogens is 1. The standard InChI is InChI=1S/C20H19FN2O6S2/c1-13-11-14(21)7-10-20(13)31(27,28)23-17-12-15(8-9-18(17)24)30(25,26)22-16-5-3-4-6-19(16)29-2/h3-12,22-24H,1-2H3. The van der Waals surface area contributed by atoms with Gasteiger partial charge in [-0.05, 0) is 61.0 Å². The molecule has 0 atom stereocenters. The highest BCUT2D eigenvalue weighted by Crippen LogP contribution is 2.31. The number of ether oxygens (including phenoxy) is 1. The first-order valence-electron chi connectivity index (χ1n) is 8.81. The third kappa shape index (κ3) is 4.89. The van der Waals surface area contributed by atoms with Gasteiger partial charge in [0.1, 0.15) is 17.3 Å². The average molecular weight is 467 g/mol. The molecule has 0 saturated heterocycles. The van der Waals surface area contributed by atoms with Crippen molar-refractivity contribution in [2.75, 3.05) is 16.6 Å². The largest absolute Gasteiger partial charge is 0.506 e. The summed E-state index contributed by atoms with van der Waals surface area (Å²) in [5.74, 6) is -0.799. The number of sulfonamides is 2. The topological polar surface area (TPSA) is 122 Å². The van der Waals surface area contributed by atoms with Gasteiger partial charge in [0.05, 0.1) is 28.3 Å². The van der Waals surface area contributed by atoms with E-state index in [1.165, 1.54) is 20.1 Å². The fraction of sp³-hybridized carbons (Fsp3) is 0.100. The molecule has 3 aromatic carbocycles. The minimum Gasteiger partial charge on any atom is -0.506 e. The summed E-state index contributed by atoms with van der Waals surface area (Å²) in [6.07, 6.45) is 0. The molecule has 8 nitrogen and oxygen atoms in total. The molecule has 3 aromatic rings. The van der Waals surface area contributed by atoms with E-state index in [1.807, 2.05) is 0 Å². The van der Waals surface area contributed by atoms with E-state index in [-0.39, 0.29) is 32.5 Å². The number of aromatic hydroxyl groups is 1. The summed E-state index contributed by atoms with van der Waals surface area (Å²) in [4.78, 5) is -0.515. The lowest BCUT2D eigenvalue weighted by Gasteiger charge is -2.14. The molecule has 0 saturated carbocycles. The number of benzene rings is 3. The zero-order chi connectivity index (χ0) is 22.8. The van der Waals surface area contributed by atoms with Crippen molar-refractivity contribution in [2.45, 2.75) is 16.7 Å². The summed E-state index contributed by atoms with van der Waals surface area (Å²) < 4.78 is 73.9. The van der Waals surface area contributed by atoms with Crippen molar-refractivity contribution >= 4 is 31.4 Å². The van der Waals surface area contributed by atoms with Crippen molar-refractivity contribution < 1.29 is 31.1 Å². The Kier molecular flexibility index (Phi) is 6.09. The molecule has 3 rings (SSSR count). The summed E-state index contributed by atoms with van der Waals surface area (Å²) >= 11 is 0. The summed E-state index contributed by atoms with van der Waals surface area (Å²) in [7, 11) is -6.98. The van der Waals surface area contributed by atoms with Crippen LogP contribution in [-0.2, 0) is 20.0 Å². The smallest absolute Gasteiger partial charge is 0.262 e. The summed E-state index contributed by atoms with van der Waals surface area (Å²) in [6.45, 7) is 1.41. The Morgan fingerprint density at radius 3 is 2.23 bits per heavy atom. The van der Waals surface area contributed by atoms with E-state index in [4.69, 9.17) is 4.74 Å². The lowest BCUT2D eigenvalue weighted by molar-refractivity contribution is 0.417. The molecule has 164 valence electrons. The quantitative estimate of drug-likeness (QED) is 0.459. The fourth-order valence-corrected chi connectivity index (χ4v) is 5.20. The Bertz CT molecular complexity index is 1340. The first-order valence-corrected chi connectivity index (χ1v) is 11.8. The van der Waals surface area contributed by atoms with E-state index in [1.54, 1.807) is 18.2 Å². The summed E-state index contributed by atoms with van der Waals surface area (Å²) in [5, 5.41) is 10.1. The number of hydrogen-bond donors (Lipinski definition) is 3. The SMILES string of the molecule is COc1ccccc1NS(=O)(=O)c1ccc(O)c(NS(=O)(=O)c2ccc(F)cc2C)c1. The van der Waals surface area contributed by atoms with Gasteiger partial charge in [0.25, 0.3) is 20.0 Å². The normalized spacial score (nSPS) is 11.7. The van der Waals surface area contributed by atoms with Gasteiger partial charge in [-0.25, -0.2) is 21.2 Å². The molecule has 0 unspecified atom stereocenters. The van der Waals surface area contributed by atoms with Crippen LogP contribution in [0.2, 0.25) is 0 Å². The minimum atomic E-state index is -4.23. The van der Waals surface area contributed by atoms with Crippen LogP contribution in [-0.4, -0.2) is 29.1 Å². The highest BCUT2D eigenvalue weighted by Gasteiger charge is 2.22. The van der Waals surface area contributed by atoms with Gasteiger partial charge in [-0.1, -0.05) is 12.1 Å². The lowest BCUT2D eigenvalue weighted by Crippen LogP contribution is -2.16. The van der Waals surface area contributed by atoms with Crippen molar-refractivity contribution in [2.24, 2.45) is 0 Å². The average Bonchev–Trinajstić information content (AvgIpc) is 2.69. The molecule has 3 N–H and O–H groups in total. The number of rotatable bonds is 7. The molecule has 0 heterocycles. The second-order valence-electron chi connectivity index (χ2n) is 6.50. The van der Waals surface area contributed by atoms with Crippen molar-refractivity contribution in [1.29, 1.82) is 0 Å². The van der Waals surface area contributed by atoms with Crippen LogP contribution in [0.25, 0.3) is 0 Å². The number of para-hydroxylation sites is 2. The summed E-state index contributed by atoms with van der Waals surface area (Å²) in [5.41, 5.74) is -0.0256. The van der Waals surface area contributed by atoms with Crippen LogP contribution in [0, 0.1) is 12.7 Å². The number of anilines is 2. The second-order valence-corrected chi connectivity index (χ2v) is 9.83. The van der Waals surface area contributed by atoms with Gasteiger partial charge in [0.15, 0.2) is 0 Å². The monoisotopic (exact) mass is 466 g/mol. The predicted molar refractivity (Wildman–Crippen MR) is 114 cm³/mol.